The molecule has 0 radical (unpaired) electrons. The Morgan fingerprint density at radius 1 is 1.30 bits per heavy atom. The van der Waals surface area contributed by atoms with Crippen LogP contribution in [0, 0.1) is 12.7 Å². The molecule has 0 aliphatic rings. The topological polar surface area (TPSA) is 78.9 Å². The van der Waals surface area contributed by atoms with Crippen molar-refractivity contribution in [3.8, 4) is 22.8 Å². The number of hydrogen-bond donors (Lipinski definition) is 2. The Labute approximate surface area is 135 Å². The van der Waals surface area contributed by atoms with Gasteiger partial charge in [0.2, 0.25) is 0 Å². The molecule has 0 aliphatic carbocycles. The number of rotatable bonds is 3. The second-order valence-electron chi connectivity index (χ2n) is 4.94. The van der Waals surface area contributed by atoms with Crippen molar-refractivity contribution in [3.05, 3.63) is 58.6 Å². The Bertz CT molecular complexity index is 891. The summed E-state index contributed by atoms with van der Waals surface area (Å²) < 4.78 is 12.9. The molecular formula is C16H11ClFN3O2. The molecule has 0 unspecified atom stereocenters. The van der Waals surface area contributed by atoms with E-state index in [1.54, 1.807) is 19.1 Å². The summed E-state index contributed by atoms with van der Waals surface area (Å²) in [7, 11) is 0. The molecule has 2 heterocycles. The zero-order valence-corrected chi connectivity index (χ0v) is 12.7. The van der Waals surface area contributed by atoms with E-state index in [0.717, 1.165) is 11.8 Å². The first kappa shape index (κ1) is 15.2. The summed E-state index contributed by atoms with van der Waals surface area (Å²) >= 11 is 6.20. The predicted molar refractivity (Wildman–Crippen MR) is 83.9 cm³/mol. The number of aromatic amines is 1. The standard InChI is InChI=1S/C16H11ClFN3O2/c1-8-6-9(16(22)23)2-4-11(8)13-14(17)21-15(20-13)12-5-3-10(18)7-19-12/h2-7H,1H3,(H,20,21)(H,22,23). The van der Waals surface area contributed by atoms with Gasteiger partial charge < -0.3 is 10.1 Å². The zero-order valence-electron chi connectivity index (χ0n) is 12.0. The van der Waals surface area contributed by atoms with E-state index in [0.29, 0.717) is 27.9 Å². The van der Waals surface area contributed by atoms with Crippen LogP contribution in [0.4, 0.5) is 4.39 Å². The lowest BCUT2D eigenvalue weighted by molar-refractivity contribution is 0.0697. The van der Waals surface area contributed by atoms with Crippen LogP contribution in [-0.4, -0.2) is 26.0 Å². The summed E-state index contributed by atoms with van der Waals surface area (Å²) in [4.78, 5) is 22.2. The average molecular weight is 332 g/mol. The Morgan fingerprint density at radius 2 is 2.09 bits per heavy atom. The van der Waals surface area contributed by atoms with Crippen LogP contribution in [0.15, 0.2) is 36.5 Å². The molecule has 5 nitrogen and oxygen atoms in total. The molecule has 0 spiro atoms. The molecule has 116 valence electrons. The molecule has 23 heavy (non-hydrogen) atoms. The molecule has 0 amide bonds. The second-order valence-corrected chi connectivity index (χ2v) is 5.32. The van der Waals surface area contributed by atoms with Crippen LogP contribution in [0.3, 0.4) is 0 Å². The van der Waals surface area contributed by atoms with Crippen molar-refractivity contribution in [3.63, 3.8) is 0 Å². The van der Waals surface area contributed by atoms with E-state index in [9.17, 15) is 9.18 Å². The number of pyridine rings is 1. The first-order chi connectivity index (χ1) is 11.0. The fraction of sp³-hybridized carbons (Fsp3) is 0.0625. The van der Waals surface area contributed by atoms with Gasteiger partial charge in [-0.2, -0.15) is 0 Å². The number of H-pyrrole nitrogens is 1. The van der Waals surface area contributed by atoms with Crippen LogP contribution in [0.2, 0.25) is 5.15 Å². The maximum Gasteiger partial charge on any atom is 0.335 e. The molecule has 1 aromatic carbocycles. The summed E-state index contributed by atoms with van der Waals surface area (Å²) in [6.07, 6.45) is 1.10. The van der Waals surface area contributed by atoms with Gasteiger partial charge >= 0.3 is 5.97 Å². The molecule has 2 aromatic heterocycles. The fourth-order valence-electron chi connectivity index (χ4n) is 2.23. The molecule has 0 saturated heterocycles. The number of hydrogen-bond acceptors (Lipinski definition) is 3. The van der Waals surface area contributed by atoms with E-state index in [2.05, 4.69) is 15.0 Å². The van der Waals surface area contributed by atoms with E-state index in [4.69, 9.17) is 16.7 Å². The monoisotopic (exact) mass is 331 g/mol. The molecule has 0 saturated carbocycles. The summed E-state index contributed by atoms with van der Waals surface area (Å²) in [6, 6.07) is 7.48. The fourth-order valence-corrected chi connectivity index (χ4v) is 2.46. The number of carbonyl (C=O) groups is 1. The maximum atomic E-state index is 12.9. The summed E-state index contributed by atoms with van der Waals surface area (Å²) in [5.41, 5.74) is 2.58. The minimum absolute atomic E-state index is 0.193. The van der Waals surface area contributed by atoms with Crippen molar-refractivity contribution >= 4 is 17.6 Å². The Hall–Kier alpha value is -2.73. The molecule has 2 N–H and O–H groups in total. The van der Waals surface area contributed by atoms with Crippen LogP contribution < -0.4 is 0 Å². The van der Waals surface area contributed by atoms with Gasteiger partial charge in [-0.15, -0.1) is 0 Å². The van der Waals surface area contributed by atoms with Gasteiger partial charge in [-0.05, 0) is 36.8 Å². The third kappa shape index (κ3) is 2.93. The van der Waals surface area contributed by atoms with Gasteiger partial charge in [0.05, 0.1) is 11.8 Å². The molecule has 3 rings (SSSR count). The van der Waals surface area contributed by atoms with E-state index >= 15 is 0 Å². The van der Waals surface area contributed by atoms with Gasteiger partial charge in [0.15, 0.2) is 5.82 Å². The Morgan fingerprint density at radius 3 is 2.70 bits per heavy atom. The third-order valence-electron chi connectivity index (χ3n) is 3.36. The third-order valence-corrected chi connectivity index (χ3v) is 3.63. The highest BCUT2D eigenvalue weighted by Crippen LogP contribution is 2.31. The lowest BCUT2D eigenvalue weighted by Crippen LogP contribution is -1.97. The van der Waals surface area contributed by atoms with Crippen molar-refractivity contribution in [2.45, 2.75) is 6.92 Å². The highest BCUT2D eigenvalue weighted by Gasteiger charge is 2.15. The first-order valence-electron chi connectivity index (χ1n) is 6.67. The number of nitrogens with one attached hydrogen (secondary N) is 1. The molecule has 0 fully saturated rings. The highest BCUT2D eigenvalue weighted by atomic mass is 35.5. The summed E-state index contributed by atoms with van der Waals surface area (Å²) in [5.74, 6) is -1.03. The van der Waals surface area contributed by atoms with Crippen molar-refractivity contribution < 1.29 is 14.3 Å². The lowest BCUT2D eigenvalue weighted by atomic mass is 10.0. The van der Waals surface area contributed by atoms with Gasteiger partial charge in [0.25, 0.3) is 0 Å². The van der Waals surface area contributed by atoms with Crippen LogP contribution in [-0.2, 0) is 0 Å². The largest absolute Gasteiger partial charge is 0.478 e. The lowest BCUT2D eigenvalue weighted by Gasteiger charge is -2.04. The van der Waals surface area contributed by atoms with Crippen molar-refractivity contribution in [1.82, 2.24) is 15.0 Å². The highest BCUT2D eigenvalue weighted by molar-refractivity contribution is 6.32. The van der Waals surface area contributed by atoms with Gasteiger partial charge in [0, 0.05) is 5.56 Å². The quantitative estimate of drug-likeness (QED) is 0.762. The van der Waals surface area contributed by atoms with Crippen LogP contribution >= 0.6 is 11.6 Å². The smallest absolute Gasteiger partial charge is 0.335 e. The zero-order chi connectivity index (χ0) is 16.6. The van der Waals surface area contributed by atoms with Gasteiger partial charge in [-0.1, -0.05) is 17.7 Å². The number of nitrogens with zero attached hydrogens (tertiary/aromatic N) is 2. The van der Waals surface area contributed by atoms with E-state index < -0.39 is 11.8 Å². The molecule has 0 bridgehead atoms. The van der Waals surface area contributed by atoms with Gasteiger partial charge in [-0.3, -0.25) is 0 Å². The molecule has 7 heteroatoms. The molecular weight excluding hydrogens is 321 g/mol. The van der Waals surface area contributed by atoms with Crippen molar-refractivity contribution in [1.29, 1.82) is 0 Å². The number of carboxylic acid groups (broad SMARTS) is 1. The van der Waals surface area contributed by atoms with Crippen molar-refractivity contribution in [2.24, 2.45) is 0 Å². The molecule has 0 aliphatic heterocycles. The number of halogens is 2. The second kappa shape index (κ2) is 5.81. The molecule has 0 atom stereocenters. The molecule has 3 aromatic rings. The first-order valence-corrected chi connectivity index (χ1v) is 7.05. The predicted octanol–water partition coefficient (Wildman–Crippen LogP) is 3.94. The van der Waals surface area contributed by atoms with Gasteiger partial charge in [-0.25, -0.2) is 19.2 Å². The number of aromatic nitrogens is 3. The van der Waals surface area contributed by atoms with Crippen LogP contribution in [0.1, 0.15) is 15.9 Å². The van der Waals surface area contributed by atoms with E-state index in [-0.39, 0.29) is 5.56 Å². The number of carboxylic acids is 1. The number of aryl methyl sites for hydroxylation is 1. The van der Waals surface area contributed by atoms with Crippen LogP contribution in [0.25, 0.3) is 22.8 Å². The minimum atomic E-state index is -0.996. The number of imidazole rings is 1. The van der Waals surface area contributed by atoms with Crippen LogP contribution in [0.5, 0.6) is 0 Å². The minimum Gasteiger partial charge on any atom is -0.478 e. The normalized spacial score (nSPS) is 10.7. The summed E-state index contributed by atoms with van der Waals surface area (Å²) in [5, 5.41) is 9.32. The van der Waals surface area contributed by atoms with Gasteiger partial charge in [0.1, 0.15) is 22.4 Å². The van der Waals surface area contributed by atoms with E-state index in [1.807, 2.05) is 0 Å². The van der Waals surface area contributed by atoms with E-state index in [1.165, 1.54) is 18.2 Å². The van der Waals surface area contributed by atoms with Crippen molar-refractivity contribution in [2.75, 3.05) is 0 Å². The average Bonchev–Trinajstić information content (AvgIpc) is 2.89. The number of aromatic carboxylic acids is 1. The Kier molecular flexibility index (Phi) is 3.83. The maximum absolute atomic E-state index is 12.9. The SMILES string of the molecule is Cc1cc(C(=O)O)ccc1-c1nc(-c2ccc(F)cn2)[nH]c1Cl. The number of benzene rings is 1. The summed E-state index contributed by atoms with van der Waals surface area (Å²) in [6.45, 7) is 1.78. The Balaban J connectivity index is 2.04.